The topological polar surface area (TPSA) is 31.4 Å². The second-order valence-electron chi connectivity index (χ2n) is 10.1. The van der Waals surface area contributed by atoms with Crippen LogP contribution >= 0.6 is 0 Å². The Kier molecular flexibility index (Phi) is 8.31. The van der Waals surface area contributed by atoms with Crippen molar-refractivity contribution < 1.29 is 9.47 Å². The van der Waals surface area contributed by atoms with Crippen LogP contribution in [0.25, 0.3) is 0 Å². The first-order valence-corrected chi connectivity index (χ1v) is 17.2. The molecule has 29 heavy (non-hydrogen) atoms. The Morgan fingerprint density at radius 3 is 2.45 bits per heavy atom. The van der Waals surface area contributed by atoms with Crippen LogP contribution in [0.4, 0.5) is 0 Å². The Labute approximate surface area is 180 Å². The summed E-state index contributed by atoms with van der Waals surface area (Å²) >= 11 is 0. The van der Waals surface area contributed by atoms with Gasteiger partial charge in [-0.15, -0.1) is 11.1 Å². The molecule has 0 N–H and O–H groups in total. The molecule has 2 rings (SSSR count). The smallest absolute Gasteiger partial charge is 0.157 e. The maximum absolute atomic E-state index is 5.97. The van der Waals surface area contributed by atoms with Gasteiger partial charge in [0.05, 0.1) is 0 Å². The molecular formula is C24H37NO2Si2. The van der Waals surface area contributed by atoms with E-state index in [1.807, 2.05) is 18.3 Å². The Morgan fingerprint density at radius 1 is 1.10 bits per heavy atom. The van der Waals surface area contributed by atoms with Crippen molar-refractivity contribution in [1.82, 2.24) is 4.98 Å². The molecule has 0 aliphatic carbocycles. The number of rotatable bonds is 5. The van der Waals surface area contributed by atoms with Crippen molar-refractivity contribution in [3.63, 3.8) is 0 Å². The highest BCUT2D eigenvalue weighted by molar-refractivity contribution is 6.87. The molecule has 0 spiro atoms. The number of aromatic nitrogens is 1. The number of ether oxygens (including phenoxy) is 2. The maximum Gasteiger partial charge on any atom is 0.157 e. The molecule has 1 aliphatic heterocycles. The van der Waals surface area contributed by atoms with E-state index in [4.69, 9.17) is 9.47 Å². The zero-order chi connectivity index (χ0) is 21.5. The Balaban J connectivity index is 1.96. The van der Waals surface area contributed by atoms with Gasteiger partial charge in [-0.3, -0.25) is 0 Å². The SMILES string of the molecule is CC(C)(CCOC1CCCCO1)[Si](C)(C)C#Cc1ccc(C#C[Si](C)(C)C)nc1. The van der Waals surface area contributed by atoms with Crippen LogP contribution in [0.15, 0.2) is 18.3 Å². The van der Waals surface area contributed by atoms with Crippen molar-refractivity contribution in [2.45, 2.75) is 83.6 Å². The third-order valence-electron chi connectivity index (χ3n) is 5.71. The summed E-state index contributed by atoms with van der Waals surface area (Å²) in [6, 6.07) is 4.02. The molecule has 5 heteroatoms. The van der Waals surface area contributed by atoms with E-state index < -0.39 is 16.1 Å². The van der Waals surface area contributed by atoms with E-state index in [1.54, 1.807) is 0 Å². The van der Waals surface area contributed by atoms with Gasteiger partial charge in [0.2, 0.25) is 0 Å². The molecule has 1 fully saturated rings. The molecule has 1 aliphatic rings. The molecule has 1 unspecified atom stereocenters. The highest BCUT2D eigenvalue weighted by atomic mass is 28.3. The summed E-state index contributed by atoms with van der Waals surface area (Å²) in [5, 5.41) is 0.158. The highest BCUT2D eigenvalue weighted by Crippen LogP contribution is 2.40. The minimum atomic E-state index is -1.79. The van der Waals surface area contributed by atoms with Crippen molar-refractivity contribution in [1.29, 1.82) is 0 Å². The lowest BCUT2D eigenvalue weighted by Crippen LogP contribution is -2.39. The molecule has 1 atom stereocenters. The van der Waals surface area contributed by atoms with Crippen molar-refractivity contribution in [3.8, 4) is 22.9 Å². The normalized spacial score (nSPS) is 17.7. The standard InChI is InChI=1S/C24H37NO2Si2/c1-24(2,15-17-27-23-10-8-9-16-26-23)29(6,7)19-13-21-11-12-22(25-20-21)14-18-28(3,4)5/h11-12,20,23H,8-10,15-17H2,1-7H3. The van der Waals surface area contributed by atoms with Gasteiger partial charge in [0, 0.05) is 25.0 Å². The average Bonchev–Trinajstić information content (AvgIpc) is 2.65. The van der Waals surface area contributed by atoms with E-state index in [1.165, 1.54) is 6.42 Å². The molecular weight excluding hydrogens is 390 g/mol. The van der Waals surface area contributed by atoms with Gasteiger partial charge in [0.15, 0.2) is 6.29 Å². The summed E-state index contributed by atoms with van der Waals surface area (Å²) in [6.45, 7) is 17.6. The van der Waals surface area contributed by atoms with Crippen molar-refractivity contribution in [2.75, 3.05) is 13.2 Å². The summed E-state index contributed by atoms with van der Waals surface area (Å²) in [6.07, 6.45) is 6.22. The van der Waals surface area contributed by atoms with Gasteiger partial charge in [-0.2, -0.15) is 0 Å². The predicted molar refractivity (Wildman–Crippen MR) is 127 cm³/mol. The zero-order valence-corrected chi connectivity index (χ0v) is 21.3. The van der Waals surface area contributed by atoms with Gasteiger partial charge in [0.1, 0.15) is 21.8 Å². The number of nitrogens with zero attached hydrogens (tertiary/aromatic N) is 1. The van der Waals surface area contributed by atoms with Crippen LogP contribution in [0.5, 0.6) is 0 Å². The summed E-state index contributed by atoms with van der Waals surface area (Å²) in [7, 11) is -3.17. The van der Waals surface area contributed by atoms with Crippen molar-refractivity contribution >= 4 is 16.1 Å². The van der Waals surface area contributed by atoms with Crippen LogP contribution in [0.3, 0.4) is 0 Å². The summed E-state index contributed by atoms with van der Waals surface area (Å²) in [4.78, 5) is 4.47. The van der Waals surface area contributed by atoms with Gasteiger partial charge in [0.25, 0.3) is 0 Å². The van der Waals surface area contributed by atoms with Crippen molar-refractivity contribution in [3.05, 3.63) is 29.6 Å². The van der Waals surface area contributed by atoms with E-state index in [9.17, 15) is 0 Å². The first-order valence-electron chi connectivity index (χ1n) is 10.7. The zero-order valence-electron chi connectivity index (χ0n) is 19.3. The van der Waals surface area contributed by atoms with Gasteiger partial charge in [-0.1, -0.05) is 58.4 Å². The lowest BCUT2D eigenvalue weighted by atomic mass is 10.1. The van der Waals surface area contributed by atoms with E-state index in [0.29, 0.717) is 0 Å². The van der Waals surface area contributed by atoms with Gasteiger partial charge >= 0.3 is 0 Å². The second-order valence-corrected chi connectivity index (χ2v) is 19.7. The van der Waals surface area contributed by atoms with Crippen LogP contribution in [0, 0.1) is 22.9 Å². The van der Waals surface area contributed by atoms with E-state index in [-0.39, 0.29) is 11.3 Å². The van der Waals surface area contributed by atoms with Crippen LogP contribution in [0.1, 0.15) is 50.8 Å². The van der Waals surface area contributed by atoms with Crippen LogP contribution in [0.2, 0.25) is 37.8 Å². The Bertz CT molecular complexity index is 781. The fourth-order valence-corrected chi connectivity index (χ4v) is 4.82. The molecule has 3 nitrogen and oxygen atoms in total. The Hall–Kier alpha value is -1.38. The largest absolute Gasteiger partial charge is 0.353 e. The molecule has 1 aromatic heterocycles. The molecule has 158 valence electrons. The molecule has 0 saturated carbocycles. The number of hydrogen-bond acceptors (Lipinski definition) is 3. The highest BCUT2D eigenvalue weighted by Gasteiger charge is 2.38. The first kappa shape index (κ1) is 23.9. The van der Waals surface area contributed by atoms with Crippen LogP contribution in [-0.2, 0) is 9.47 Å². The average molecular weight is 428 g/mol. The summed E-state index contributed by atoms with van der Waals surface area (Å²) in [5.74, 6) is 6.57. The van der Waals surface area contributed by atoms with Gasteiger partial charge in [-0.25, -0.2) is 4.98 Å². The number of pyridine rings is 1. The molecule has 0 aromatic carbocycles. The third-order valence-corrected chi connectivity index (χ3v) is 11.0. The molecule has 0 amide bonds. The van der Waals surface area contributed by atoms with Gasteiger partial charge in [-0.05, 0) is 42.9 Å². The summed E-state index contributed by atoms with van der Waals surface area (Å²) < 4.78 is 11.6. The van der Waals surface area contributed by atoms with Crippen molar-refractivity contribution in [2.24, 2.45) is 0 Å². The third kappa shape index (κ3) is 8.11. The maximum atomic E-state index is 5.97. The van der Waals surface area contributed by atoms with E-state index in [0.717, 1.165) is 43.7 Å². The molecule has 1 aromatic rings. The lowest BCUT2D eigenvalue weighted by molar-refractivity contribution is -0.163. The molecule has 0 bridgehead atoms. The van der Waals surface area contributed by atoms with Gasteiger partial charge < -0.3 is 9.47 Å². The summed E-state index contributed by atoms with van der Waals surface area (Å²) in [5.41, 5.74) is 8.76. The predicted octanol–water partition coefficient (Wildman–Crippen LogP) is 5.62. The lowest BCUT2D eigenvalue weighted by Gasteiger charge is -2.36. The second kappa shape index (κ2) is 10.1. The monoisotopic (exact) mass is 427 g/mol. The molecule has 0 radical (unpaired) electrons. The molecule has 1 saturated heterocycles. The number of hydrogen-bond donors (Lipinski definition) is 0. The molecule has 2 heterocycles. The van der Waals surface area contributed by atoms with E-state index in [2.05, 4.69) is 74.5 Å². The fourth-order valence-electron chi connectivity index (χ4n) is 2.79. The minimum absolute atomic E-state index is 0.0101. The Morgan fingerprint density at radius 2 is 1.86 bits per heavy atom. The van der Waals surface area contributed by atoms with Crippen LogP contribution in [-0.4, -0.2) is 40.6 Å². The minimum Gasteiger partial charge on any atom is -0.353 e. The first-order chi connectivity index (χ1) is 13.5. The quantitative estimate of drug-likeness (QED) is 0.451. The van der Waals surface area contributed by atoms with E-state index >= 15 is 0 Å². The van der Waals surface area contributed by atoms with Crippen LogP contribution < -0.4 is 0 Å². The fraction of sp³-hybridized carbons (Fsp3) is 0.625.